The van der Waals surface area contributed by atoms with E-state index in [9.17, 15) is 13.2 Å². The molecule has 0 aliphatic carbocycles. The molecule has 3 rings (SSSR count). The van der Waals surface area contributed by atoms with Gasteiger partial charge in [-0.3, -0.25) is 0 Å². The van der Waals surface area contributed by atoms with Crippen LogP contribution in [0.5, 0.6) is 5.75 Å². The first-order chi connectivity index (χ1) is 10.4. The second-order valence-electron chi connectivity index (χ2n) is 5.93. The third-order valence-electron chi connectivity index (χ3n) is 3.84. The second kappa shape index (κ2) is 5.28. The number of rotatable bonds is 2. The lowest BCUT2D eigenvalue weighted by atomic mass is 10.0. The number of sulfone groups is 1. The molecule has 116 valence electrons. The van der Waals surface area contributed by atoms with Crippen LogP contribution in [0.3, 0.4) is 0 Å². The van der Waals surface area contributed by atoms with Crippen LogP contribution in [0.1, 0.15) is 13.3 Å². The molecule has 0 spiro atoms. The molecule has 6 heteroatoms. The minimum atomic E-state index is -3.07. The van der Waals surface area contributed by atoms with Crippen molar-refractivity contribution in [2.24, 2.45) is 0 Å². The maximum atomic E-state index is 12.0. The fourth-order valence-corrected chi connectivity index (χ4v) is 4.81. The van der Waals surface area contributed by atoms with Crippen LogP contribution in [-0.4, -0.2) is 31.6 Å². The first-order valence-corrected chi connectivity index (χ1v) is 8.87. The van der Waals surface area contributed by atoms with E-state index in [-0.39, 0.29) is 11.5 Å². The fourth-order valence-electron chi connectivity index (χ4n) is 2.72. The number of carbonyl (C=O) groups excluding carboxylic acids is 1. The van der Waals surface area contributed by atoms with Gasteiger partial charge in [-0.2, -0.15) is 0 Å². The summed E-state index contributed by atoms with van der Waals surface area (Å²) in [5, 5.41) is 4.70. The van der Waals surface area contributed by atoms with Crippen LogP contribution in [0.15, 0.2) is 42.5 Å². The predicted octanol–water partition coefficient (Wildman–Crippen LogP) is 2.51. The molecule has 22 heavy (non-hydrogen) atoms. The third-order valence-corrected chi connectivity index (χ3v) is 5.74. The summed E-state index contributed by atoms with van der Waals surface area (Å²) in [6.45, 7) is 1.72. The van der Waals surface area contributed by atoms with Gasteiger partial charge in [0.1, 0.15) is 5.75 Å². The first-order valence-electron chi connectivity index (χ1n) is 7.05. The molecule has 1 aliphatic rings. The van der Waals surface area contributed by atoms with Crippen LogP contribution in [-0.2, 0) is 9.84 Å². The quantitative estimate of drug-likeness (QED) is 0.923. The molecule has 0 bridgehead atoms. The molecule has 1 fully saturated rings. The Bertz CT molecular complexity index is 831. The predicted molar refractivity (Wildman–Crippen MR) is 84.8 cm³/mol. The van der Waals surface area contributed by atoms with Crippen molar-refractivity contribution in [3.05, 3.63) is 42.5 Å². The van der Waals surface area contributed by atoms with Crippen molar-refractivity contribution in [1.82, 2.24) is 5.32 Å². The average molecular weight is 319 g/mol. The van der Waals surface area contributed by atoms with Crippen molar-refractivity contribution in [3.63, 3.8) is 0 Å². The van der Waals surface area contributed by atoms with E-state index in [1.807, 2.05) is 30.3 Å². The monoisotopic (exact) mass is 319 g/mol. The molecule has 1 atom stereocenters. The third kappa shape index (κ3) is 3.22. The van der Waals surface area contributed by atoms with E-state index in [4.69, 9.17) is 4.74 Å². The van der Waals surface area contributed by atoms with Gasteiger partial charge < -0.3 is 10.1 Å². The fraction of sp³-hybridized carbons (Fsp3) is 0.312. The lowest BCUT2D eigenvalue weighted by Crippen LogP contribution is -2.48. The Balaban J connectivity index is 1.71. The number of hydrogen-bond donors (Lipinski definition) is 1. The van der Waals surface area contributed by atoms with Crippen molar-refractivity contribution in [3.8, 4) is 5.75 Å². The largest absolute Gasteiger partial charge is 0.413 e. The van der Waals surface area contributed by atoms with Crippen LogP contribution in [0, 0.1) is 0 Å². The Labute approximate surface area is 129 Å². The lowest BCUT2D eigenvalue weighted by molar-refractivity contribution is 0.189. The van der Waals surface area contributed by atoms with Gasteiger partial charge >= 0.3 is 6.09 Å². The summed E-state index contributed by atoms with van der Waals surface area (Å²) in [5.41, 5.74) is -0.757. The van der Waals surface area contributed by atoms with Crippen LogP contribution < -0.4 is 10.1 Å². The number of benzene rings is 2. The van der Waals surface area contributed by atoms with Gasteiger partial charge in [-0.1, -0.05) is 30.3 Å². The summed E-state index contributed by atoms with van der Waals surface area (Å²) >= 11 is 0. The highest BCUT2D eigenvalue weighted by Gasteiger charge is 2.39. The average Bonchev–Trinajstić information content (AvgIpc) is 2.72. The molecule has 0 aromatic heterocycles. The summed E-state index contributed by atoms with van der Waals surface area (Å²) in [5.74, 6) is 0.479. The van der Waals surface area contributed by atoms with Gasteiger partial charge in [-0.15, -0.1) is 0 Å². The second-order valence-corrected chi connectivity index (χ2v) is 8.11. The van der Waals surface area contributed by atoms with E-state index in [1.54, 1.807) is 19.1 Å². The number of fused-ring (bicyclic) bond motifs is 1. The van der Waals surface area contributed by atoms with Gasteiger partial charge in [0.2, 0.25) is 0 Å². The SMILES string of the molecule is CC1(NC(=O)Oc2ccc3ccccc3c2)CCS(=O)(=O)C1. The summed E-state index contributed by atoms with van der Waals surface area (Å²) < 4.78 is 28.4. The maximum Gasteiger partial charge on any atom is 0.413 e. The Hall–Kier alpha value is -2.08. The summed E-state index contributed by atoms with van der Waals surface area (Å²) in [6.07, 6.45) is -0.225. The van der Waals surface area contributed by atoms with Gasteiger partial charge in [0.05, 0.1) is 17.0 Å². The highest BCUT2D eigenvalue weighted by atomic mass is 32.2. The van der Waals surface area contributed by atoms with E-state index in [1.165, 1.54) is 0 Å². The molecule has 1 saturated heterocycles. The molecule has 1 unspecified atom stereocenters. The zero-order valence-corrected chi connectivity index (χ0v) is 13.0. The number of ether oxygens (including phenoxy) is 1. The number of hydrogen-bond acceptors (Lipinski definition) is 4. The minimum absolute atomic E-state index is 0.0488. The molecule has 0 radical (unpaired) electrons. The Morgan fingerprint density at radius 3 is 2.59 bits per heavy atom. The Kier molecular flexibility index (Phi) is 3.56. The molecule has 5 nitrogen and oxygen atoms in total. The van der Waals surface area contributed by atoms with Crippen molar-refractivity contribution >= 4 is 26.7 Å². The van der Waals surface area contributed by atoms with E-state index >= 15 is 0 Å². The van der Waals surface area contributed by atoms with Crippen molar-refractivity contribution in [2.75, 3.05) is 11.5 Å². The minimum Gasteiger partial charge on any atom is -0.410 e. The van der Waals surface area contributed by atoms with Crippen LogP contribution in [0.2, 0.25) is 0 Å². The zero-order chi connectivity index (χ0) is 15.8. The van der Waals surface area contributed by atoms with Gasteiger partial charge in [0.25, 0.3) is 0 Å². The Morgan fingerprint density at radius 1 is 1.18 bits per heavy atom. The number of amides is 1. The van der Waals surface area contributed by atoms with Gasteiger partial charge in [0.15, 0.2) is 9.84 Å². The van der Waals surface area contributed by atoms with Crippen molar-refractivity contribution in [2.45, 2.75) is 18.9 Å². The molecular formula is C16H17NO4S. The van der Waals surface area contributed by atoms with Crippen molar-refractivity contribution < 1.29 is 17.9 Å². The first kappa shape index (κ1) is 14.8. The highest BCUT2D eigenvalue weighted by Crippen LogP contribution is 2.24. The van der Waals surface area contributed by atoms with Crippen LogP contribution in [0.4, 0.5) is 4.79 Å². The number of nitrogens with one attached hydrogen (secondary N) is 1. The molecule has 1 N–H and O–H groups in total. The van der Waals surface area contributed by atoms with E-state index < -0.39 is 21.5 Å². The molecule has 2 aromatic carbocycles. The summed E-state index contributed by atoms with van der Waals surface area (Å²) in [4.78, 5) is 12.0. The molecule has 1 heterocycles. The smallest absolute Gasteiger partial charge is 0.410 e. The topological polar surface area (TPSA) is 72.5 Å². The van der Waals surface area contributed by atoms with Gasteiger partial charge in [-0.05, 0) is 36.2 Å². The standard InChI is InChI=1S/C16H17NO4S/c1-16(8-9-22(19,20)11-16)17-15(18)21-14-7-6-12-4-2-3-5-13(12)10-14/h2-7,10H,8-9,11H2,1H3,(H,17,18). The Morgan fingerprint density at radius 2 is 1.91 bits per heavy atom. The van der Waals surface area contributed by atoms with E-state index in [2.05, 4.69) is 5.32 Å². The van der Waals surface area contributed by atoms with Gasteiger partial charge in [-0.25, -0.2) is 13.2 Å². The van der Waals surface area contributed by atoms with Crippen LogP contribution >= 0.6 is 0 Å². The van der Waals surface area contributed by atoms with E-state index in [0.29, 0.717) is 12.2 Å². The number of carbonyl (C=O) groups is 1. The molecule has 2 aromatic rings. The van der Waals surface area contributed by atoms with Crippen LogP contribution in [0.25, 0.3) is 10.8 Å². The molecule has 1 amide bonds. The summed E-state index contributed by atoms with van der Waals surface area (Å²) in [7, 11) is -3.07. The van der Waals surface area contributed by atoms with Crippen molar-refractivity contribution in [1.29, 1.82) is 0 Å². The lowest BCUT2D eigenvalue weighted by Gasteiger charge is -2.23. The maximum absolute atomic E-state index is 12.0. The van der Waals surface area contributed by atoms with Gasteiger partial charge in [0, 0.05) is 0 Å². The summed E-state index contributed by atoms with van der Waals surface area (Å²) in [6, 6.07) is 13.1. The molecular weight excluding hydrogens is 302 g/mol. The molecule has 1 aliphatic heterocycles. The molecule has 0 saturated carbocycles. The normalized spacial score (nSPS) is 23.3. The zero-order valence-electron chi connectivity index (χ0n) is 12.2. The van der Waals surface area contributed by atoms with E-state index in [0.717, 1.165) is 10.8 Å². The highest BCUT2D eigenvalue weighted by molar-refractivity contribution is 7.91.